The summed E-state index contributed by atoms with van der Waals surface area (Å²) in [4.78, 5) is 12.8. The van der Waals surface area contributed by atoms with Gasteiger partial charge < -0.3 is 14.5 Å². The molecule has 7 nitrogen and oxygen atoms in total. The maximum Gasteiger partial charge on any atom is 0.522 e. The van der Waals surface area contributed by atoms with Crippen molar-refractivity contribution in [1.82, 2.24) is 15.5 Å². The zero-order valence-electron chi connectivity index (χ0n) is 17.5. The van der Waals surface area contributed by atoms with Crippen LogP contribution in [0.25, 0.3) is 0 Å². The average molecular weight is 467 g/mol. The van der Waals surface area contributed by atoms with Gasteiger partial charge in [-0.25, -0.2) is 4.39 Å². The van der Waals surface area contributed by atoms with Crippen LogP contribution >= 0.6 is 0 Å². The van der Waals surface area contributed by atoms with Gasteiger partial charge >= 0.3 is 6.36 Å². The summed E-state index contributed by atoms with van der Waals surface area (Å²) in [5, 5.41) is 11.3. The van der Waals surface area contributed by atoms with Crippen molar-refractivity contribution < 1.29 is 36.2 Å². The van der Waals surface area contributed by atoms with Crippen LogP contribution in [-0.2, 0) is 21.4 Å². The Kier molecular flexibility index (Phi) is 4.37. The average Bonchev–Trinajstić information content (AvgIpc) is 3.13. The molecule has 33 heavy (non-hydrogen) atoms. The predicted octanol–water partition coefficient (Wildman–Crippen LogP) is 3.68. The standard InChI is InChI=1S/C22H21F4N3O4/c23-13-2-4-15-11(5-13)1-3-16(31-15)17(30)27-21-8-20(9-21,10-21)19-29-28-18(32-19)12-6-14(7-12)33-22(24,25)26/h2,4-5,12,14,16H,1,3,6-10H2,(H,27,30)/t12?,14?,16-,20?,21?/m0/s1. The lowest BCUT2D eigenvalue weighted by atomic mass is 9.39. The van der Waals surface area contributed by atoms with Gasteiger partial charge in [0.15, 0.2) is 6.10 Å². The maximum absolute atomic E-state index is 13.4. The molecule has 2 bridgehead atoms. The van der Waals surface area contributed by atoms with Gasteiger partial charge in [-0.1, -0.05) is 0 Å². The molecular formula is C22H21F4N3O4. The van der Waals surface area contributed by atoms with Crippen LogP contribution in [0.2, 0.25) is 0 Å². The van der Waals surface area contributed by atoms with Crippen LogP contribution in [0, 0.1) is 5.82 Å². The number of rotatable bonds is 5. The summed E-state index contributed by atoms with van der Waals surface area (Å²) in [5.74, 6) is 0.637. The minimum atomic E-state index is -4.63. The van der Waals surface area contributed by atoms with Crippen LogP contribution in [-0.4, -0.2) is 40.2 Å². The second-order valence-corrected chi connectivity index (χ2v) is 9.78. The molecule has 1 amide bonds. The highest BCUT2D eigenvalue weighted by molar-refractivity contribution is 5.83. The second-order valence-electron chi connectivity index (χ2n) is 9.78. The third-order valence-electron chi connectivity index (χ3n) is 7.32. The highest BCUT2D eigenvalue weighted by atomic mass is 19.4. The number of halogens is 4. The molecule has 2 aromatic rings. The largest absolute Gasteiger partial charge is 0.522 e. The van der Waals surface area contributed by atoms with Gasteiger partial charge in [-0.2, -0.15) is 0 Å². The van der Waals surface area contributed by atoms with Crippen molar-refractivity contribution in [3.8, 4) is 5.75 Å². The number of amides is 1. The molecule has 4 saturated carbocycles. The zero-order valence-corrected chi connectivity index (χ0v) is 17.5. The lowest BCUT2D eigenvalue weighted by molar-refractivity contribution is -0.352. The molecule has 1 aliphatic heterocycles. The van der Waals surface area contributed by atoms with Crippen LogP contribution in [0.5, 0.6) is 5.75 Å². The van der Waals surface area contributed by atoms with Gasteiger partial charge in [0, 0.05) is 11.5 Å². The number of ether oxygens (including phenoxy) is 2. The lowest BCUT2D eigenvalue weighted by Gasteiger charge is -2.68. The van der Waals surface area contributed by atoms with Gasteiger partial charge in [-0.05, 0) is 68.7 Å². The van der Waals surface area contributed by atoms with Crippen molar-refractivity contribution in [2.24, 2.45) is 0 Å². The van der Waals surface area contributed by atoms with Crippen molar-refractivity contribution in [3.63, 3.8) is 0 Å². The van der Waals surface area contributed by atoms with Gasteiger partial charge in [0.2, 0.25) is 11.8 Å². The highest BCUT2D eigenvalue weighted by Crippen LogP contribution is 2.67. The molecule has 11 heteroatoms. The van der Waals surface area contributed by atoms with Crippen LogP contribution in [0.15, 0.2) is 22.6 Å². The third-order valence-corrected chi connectivity index (χ3v) is 7.32. The Morgan fingerprint density at radius 1 is 1.18 bits per heavy atom. The SMILES string of the molecule is O=C(NC12CC(c3nnc(C4CC(OC(F)(F)F)C4)o3)(C1)C2)[C@@H]1CCc2cc(F)ccc2O1. The van der Waals surface area contributed by atoms with Crippen molar-refractivity contribution in [3.05, 3.63) is 41.4 Å². The van der Waals surface area contributed by atoms with Gasteiger partial charge in [0.25, 0.3) is 5.91 Å². The third kappa shape index (κ3) is 3.56. The number of carbonyl (C=O) groups excluding carboxylic acids is 1. The molecule has 0 radical (unpaired) electrons. The Morgan fingerprint density at radius 2 is 1.94 bits per heavy atom. The number of aryl methyl sites for hydroxylation is 1. The monoisotopic (exact) mass is 467 g/mol. The molecule has 4 aliphatic carbocycles. The summed E-state index contributed by atoms with van der Waals surface area (Å²) in [6, 6.07) is 4.29. The summed E-state index contributed by atoms with van der Waals surface area (Å²) in [5.41, 5.74) is 0.167. The van der Waals surface area contributed by atoms with E-state index in [4.69, 9.17) is 9.15 Å². The Hall–Kier alpha value is -2.69. The Balaban J connectivity index is 1.02. The number of carbonyl (C=O) groups is 1. The minimum absolute atomic E-state index is 0.185. The van der Waals surface area contributed by atoms with Crippen LogP contribution < -0.4 is 10.1 Å². The molecule has 1 N–H and O–H groups in total. The minimum Gasteiger partial charge on any atom is -0.480 e. The molecule has 5 aliphatic rings. The number of nitrogens with one attached hydrogen (secondary N) is 1. The number of benzene rings is 1. The van der Waals surface area contributed by atoms with Crippen molar-refractivity contribution >= 4 is 5.91 Å². The van der Waals surface area contributed by atoms with E-state index in [1.54, 1.807) is 6.07 Å². The first kappa shape index (κ1) is 20.9. The Morgan fingerprint density at radius 3 is 2.67 bits per heavy atom. The topological polar surface area (TPSA) is 86.5 Å². The number of hydrogen-bond acceptors (Lipinski definition) is 6. The van der Waals surface area contributed by atoms with Crippen LogP contribution in [0.1, 0.15) is 61.8 Å². The number of fused-ring (bicyclic) bond motifs is 1. The molecule has 0 spiro atoms. The first-order valence-corrected chi connectivity index (χ1v) is 11.0. The highest BCUT2D eigenvalue weighted by Gasteiger charge is 2.72. The lowest BCUT2D eigenvalue weighted by Crippen LogP contribution is -2.77. The Bertz CT molecular complexity index is 1090. The summed E-state index contributed by atoms with van der Waals surface area (Å²) in [6.45, 7) is 0. The molecule has 4 fully saturated rings. The van der Waals surface area contributed by atoms with E-state index in [0.29, 0.717) is 49.6 Å². The summed E-state index contributed by atoms with van der Waals surface area (Å²) < 4.78 is 65.8. The van der Waals surface area contributed by atoms with E-state index < -0.39 is 18.6 Å². The van der Waals surface area contributed by atoms with Crippen molar-refractivity contribution in [2.75, 3.05) is 0 Å². The smallest absolute Gasteiger partial charge is 0.480 e. The normalized spacial score (nSPS) is 34.2. The molecule has 176 valence electrons. The molecule has 7 rings (SSSR count). The molecule has 1 aromatic carbocycles. The van der Waals surface area contributed by atoms with E-state index in [2.05, 4.69) is 20.3 Å². The number of hydrogen-bond donors (Lipinski definition) is 1. The maximum atomic E-state index is 13.4. The van der Waals surface area contributed by atoms with E-state index in [9.17, 15) is 22.4 Å². The molecule has 0 unspecified atom stereocenters. The van der Waals surface area contributed by atoms with Crippen LogP contribution in [0.3, 0.4) is 0 Å². The van der Waals surface area contributed by atoms with E-state index >= 15 is 0 Å². The van der Waals surface area contributed by atoms with E-state index in [0.717, 1.165) is 5.56 Å². The molecule has 0 saturated heterocycles. The van der Waals surface area contributed by atoms with Gasteiger partial charge in [0.05, 0.1) is 11.5 Å². The molecular weight excluding hydrogens is 446 g/mol. The summed E-state index contributed by atoms with van der Waals surface area (Å²) in [7, 11) is 0. The van der Waals surface area contributed by atoms with Gasteiger partial charge in [0.1, 0.15) is 11.6 Å². The van der Waals surface area contributed by atoms with E-state index in [1.807, 2.05) is 0 Å². The first-order valence-electron chi connectivity index (χ1n) is 11.0. The van der Waals surface area contributed by atoms with Crippen molar-refractivity contribution in [1.29, 1.82) is 0 Å². The molecule has 2 heterocycles. The fourth-order valence-electron chi connectivity index (χ4n) is 5.70. The quantitative estimate of drug-likeness (QED) is 0.676. The summed E-state index contributed by atoms with van der Waals surface area (Å²) >= 11 is 0. The summed E-state index contributed by atoms with van der Waals surface area (Å²) in [6.07, 6.45) is -2.65. The molecule has 1 aromatic heterocycles. The number of alkyl halides is 3. The number of aromatic nitrogens is 2. The first-order chi connectivity index (χ1) is 15.6. The van der Waals surface area contributed by atoms with E-state index in [1.165, 1.54) is 12.1 Å². The van der Waals surface area contributed by atoms with Crippen LogP contribution in [0.4, 0.5) is 17.6 Å². The van der Waals surface area contributed by atoms with Crippen molar-refractivity contribution in [2.45, 2.75) is 80.4 Å². The zero-order chi connectivity index (χ0) is 23.0. The van der Waals surface area contributed by atoms with Gasteiger partial charge in [-0.15, -0.1) is 23.4 Å². The fraction of sp³-hybridized carbons (Fsp3) is 0.591. The number of nitrogens with zero attached hydrogens (tertiary/aromatic N) is 2. The Labute approximate surface area is 185 Å². The second kappa shape index (κ2) is 6.91. The van der Waals surface area contributed by atoms with E-state index in [-0.39, 0.29) is 41.4 Å². The predicted molar refractivity (Wildman–Crippen MR) is 103 cm³/mol. The molecule has 1 atom stereocenters. The fourth-order valence-corrected chi connectivity index (χ4v) is 5.70. The van der Waals surface area contributed by atoms with Gasteiger partial charge in [-0.3, -0.25) is 9.53 Å².